The van der Waals surface area contributed by atoms with Crippen LogP contribution in [0.25, 0.3) is 0 Å². The molecule has 0 fully saturated rings. The number of para-hydroxylation sites is 1. The third-order valence-corrected chi connectivity index (χ3v) is 2.23. The Balaban J connectivity index is 2.32. The van der Waals surface area contributed by atoms with E-state index >= 15 is 0 Å². The van der Waals surface area contributed by atoms with E-state index in [0.717, 1.165) is 11.3 Å². The molecule has 0 bridgehead atoms. The third kappa shape index (κ3) is 2.21. The van der Waals surface area contributed by atoms with Gasteiger partial charge in [-0.2, -0.15) is 5.26 Å². The fourth-order valence-corrected chi connectivity index (χ4v) is 1.44. The highest BCUT2D eigenvalue weighted by molar-refractivity contribution is 5.47. The maximum Gasteiger partial charge on any atom is 0.145 e. The minimum absolute atomic E-state index is 0.559. The van der Waals surface area contributed by atoms with Crippen molar-refractivity contribution in [1.29, 1.82) is 5.26 Å². The van der Waals surface area contributed by atoms with Gasteiger partial charge in [0, 0.05) is 0 Å². The fraction of sp³-hybridized carbons (Fsp3) is 0.0714. The van der Waals surface area contributed by atoms with Crippen molar-refractivity contribution in [2.75, 3.05) is 0 Å². The van der Waals surface area contributed by atoms with Gasteiger partial charge in [0.25, 0.3) is 0 Å². The lowest BCUT2D eigenvalue weighted by atomic mass is 10.1. The molecule has 78 valence electrons. The van der Waals surface area contributed by atoms with Crippen LogP contribution >= 0.6 is 0 Å². The Morgan fingerprint density at radius 2 is 1.81 bits per heavy atom. The molecule has 0 saturated heterocycles. The molecule has 16 heavy (non-hydrogen) atoms. The van der Waals surface area contributed by atoms with Gasteiger partial charge in [-0.1, -0.05) is 24.3 Å². The quantitative estimate of drug-likeness (QED) is 0.756. The summed E-state index contributed by atoms with van der Waals surface area (Å²) in [5, 5.41) is 8.99. The summed E-state index contributed by atoms with van der Waals surface area (Å²) in [5.74, 6) is 1.34. The van der Waals surface area contributed by atoms with Gasteiger partial charge < -0.3 is 4.74 Å². The van der Waals surface area contributed by atoms with Gasteiger partial charge >= 0.3 is 0 Å². The van der Waals surface area contributed by atoms with E-state index in [0.29, 0.717) is 11.3 Å². The molecule has 2 aromatic carbocycles. The van der Waals surface area contributed by atoms with E-state index in [4.69, 9.17) is 10.00 Å². The summed E-state index contributed by atoms with van der Waals surface area (Å²) in [4.78, 5) is 0. The largest absolute Gasteiger partial charge is 0.456 e. The molecule has 0 amide bonds. The van der Waals surface area contributed by atoms with Crippen molar-refractivity contribution >= 4 is 0 Å². The van der Waals surface area contributed by atoms with Gasteiger partial charge in [0.2, 0.25) is 0 Å². The molecule has 2 rings (SSSR count). The SMILES string of the molecule is Cc1ccc(Oc2ccccc2)c(C#N)c1. The van der Waals surface area contributed by atoms with Crippen molar-refractivity contribution in [3.63, 3.8) is 0 Å². The van der Waals surface area contributed by atoms with Gasteiger partial charge in [-0.25, -0.2) is 0 Å². The Morgan fingerprint density at radius 1 is 1.06 bits per heavy atom. The molecule has 0 atom stereocenters. The molecule has 0 spiro atoms. The summed E-state index contributed by atoms with van der Waals surface area (Å²) in [6.45, 7) is 1.95. The fourth-order valence-electron chi connectivity index (χ4n) is 1.44. The molecule has 0 aliphatic heterocycles. The predicted molar refractivity (Wildman–Crippen MR) is 62.4 cm³/mol. The molecule has 2 aromatic rings. The molecule has 0 aromatic heterocycles. The number of nitrogens with zero attached hydrogens (tertiary/aromatic N) is 1. The summed E-state index contributed by atoms with van der Waals surface area (Å²) in [6.07, 6.45) is 0. The Kier molecular flexibility index (Phi) is 2.88. The zero-order valence-electron chi connectivity index (χ0n) is 8.97. The third-order valence-electron chi connectivity index (χ3n) is 2.23. The lowest BCUT2D eigenvalue weighted by Gasteiger charge is -2.07. The van der Waals surface area contributed by atoms with E-state index in [2.05, 4.69) is 6.07 Å². The number of aryl methyl sites for hydroxylation is 1. The number of benzene rings is 2. The van der Waals surface area contributed by atoms with Crippen molar-refractivity contribution in [1.82, 2.24) is 0 Å². The van der Waals surface area contributed by atoms with Crippen LogP contribution in [0, 0.1) is 18.3 Å². The first kappa shape index (κ1) is 10.3. The lowest BCUT2D eigenvalue weighted by molar-refractivity contribution is 0.481. The molecule has 2 heteroatoms. The van der Waals surface area contributed by atoms with Crippen LogP contribution in [-0.2, 0) is 0 Å². The number of ether oxygens (including phenoxy) is 1. The molecular weight excluding hydrogens is 198 g/mol. The Labute approximate surface area is 94.7 Å². The first-order valence-electron chi connectivity index (χ1n) is 5.03. The van der Waals surface area contributed by atoms with Crippen LogP contribution in [0.4, 0.5) is 0 Å². The summed E-state index contributed by atoms with van der Waals surface area (Å²) in [5.41, 5.74) is 1.61. The van der Waals surface area contributed by atoms with E-state index in [9.17, 15) is 0 Å². The lowest BCUT2D eigenvalue weighted by Crippen LogP contribution is -1.88. The molecular formula is C14H11NO. The predicted octanol–water partition coefficient (Wildman–Crippen LogP) is 3.66. The van der Waals surface area contributed by atoms with Crippen LogP contribution in [0.5, 0.6) is 11.5 Å². The summed E-state index contributed by atoms with van der Waals surface area (Å²) < 4.78 is 5.63. The molecule has 0 N–H and O–H groups in total. The van der Waals surface area contributed by atoms with Crippen molar-refractivity contribution in [3.05, 3.63) is 59.7 Å². The van der Waals surface area contributed by atoms with Gasteiger partial charge in [-0.3, -0.25) is 0 Å². The van der Waals surface area contributed by atoms with E-state index in [1.165, 1.54) is 0 Å². The monoisotopic (exact) mass is 209 g/mol. The number of rotatable bonds is 2. The van der Waals surface area contributed by atoms with Gasteiger partial charge in [-0.05, 0) is 36.8 Å². The van der Waals surface area contributed by atoms with E-state index in [-0.39, 0.29) is 0 Å². The van der Waals surface area contributed by atoms with Gasteiger partial charge in [-0.15, -0.1) is 0 Å². The number of nitriles is 1. The second-order valence-electron chi connectivity index (χ2n) is 3.53. The molecule has 0 saturated carbocycles. The number of hydrogen-bond donors (Lipinski definition) is 0. The topological polar surface area (TPSA) is 33.0 Å². The molecule has 0 aliphatic rings. The van der Waals surface area contributed by atoms with Crippen LogP contribution in [0.2, 0.25) is 0 Å². The van der Waals surface area contributed by atoms with Gasteiger partial charge in [0.1, 0.15) is 17.6 Å². The summed E-state index contributed by atoms with van der Waals surface area (Å²) >= 11 is 0. The van der Waals surface area contributed by atoms with Crippen LogP contribution in [0.3, 0.4) is 0 Å². The molecule has 0 aliphatic carbocycles. The normalized spacial score (nSPS) is 9.50. The van der Waals surface area contributed by atoms with Crippen LogP contribution in [0.15, 0.2) is 48.5 Å². The average molecular weight is 209 g/mol. The van der Waals surface area contributed by atoms with E-state index < -0.39 is 0 Å². The van der Waals surface area contributed by atoms with Crippen molar-refractivity contribution in [3.8, 4) is 17.6 Å². The van der Waals surface area contributed by atoms with Crippen molar-refractivity contribution < 1.29 is 4.74 Å². The van der Waals surface area contributed by atoms with Crippen molar-refractivity contribution in [2.45, 2.75) is 6.92 Å². The number of hydrogen-bond acceptors (Lipinski definition) is 2. The first-order valence-corrected chi connectivity index (χ1v) is 5.03. The zero-order chi connectivity index (χ0) is 11.4. The Morgan fingerprint density at radius 3 is 2.50 bits per heavy atom. The molecule has 0 unspecified atom stereocenters. The highest BCUT2D eigenvalue weighted by Crippen LogP contribution is 2.25. The van der Waals surface area contributed by atoms with E-state index in [1.807, 2.05) is 55.5 Å². The molecule has 2 nitrogen and oxygen atoms in total. The second-order valence-corrected chi connectivity index (χ2v) is 3.53. The highest BCUT2D eigenvalue weighted by atomic mass is 16.5. The van der Waals surface area contributed by atoms with Gasteiger partial charge in [0.05, 0.1) is 5.56 Å². The summed E-state index contributed by atoms with van der Waals surface area (Å²) in [7, 11) is 0. The summed E-state index contributed by atoms with van der Waals surface area (Å²) in [6, 6.07) is 17.1. The van der Waals surface area contributed by atoms with Gasteiger partial charge in [0.15, 0.2) is 0 Å². The maximum atomic E-state index is 8.99. The smallest absolute Gasteiger partial charge is 0.145 e. The van der Waals surface area contributed by atoms with Crippen LogP contribution in [-0.4, -0.2) is 0 Å². The minimum atomic E-state index is 0.559. The van der Waals surface area contributed by atoms with Crippen LogP contribution in [0.1, 0.15) is 11.1 Å². The second kappa shape index (κ2) is 4.50. The first-order chi connectivity index (χ1) is 7.79. The van der Waals surface area contributed by atoms with Crippen LogP contribution < -0.4 is 4.74 Å². The van der Waals surface area contributed by atoms with Crippen molar-refractivity contribution in [2.24, 2.45) is 0 Å². The average Bonchev–Trinajstić information content (AvgIpc) is 2.33. The maximum absolute atomic E-state index is 8.99. The molecule has 0 heterocycles. The Hall–Kier alpha value is -2.27. The minimum Gasteiger partial charge on any atom is -0.456 e. The van der Waals surface area contributed by atoms with E-state index in [1.54, 1.807) is 0 Å². The zero-order valence-corrected chi connectivity index (χ0v) is 8.97. The highest BCUT2D eigenvalue weighted by Gasteiger charge is 2.04. The molecule has 0 radical (unpaired) electrons. The standard InChI is InChI=1S/C14H11NO/c1-11-7-8-14(12(9-11)10-15)16-13-5-3-2-4-6-13/h2-9H,1H3. The Bertz CT molecular complexity index is 526.